The highest BCUT2D eigenvalue weighted by Crippen LogP contribution is 2.32. The number of nitrogens with two attached hydrogens (primary N) is 1. The molecule has 0 aliphatic heterocycles. The predicted octanol–water partition coefficient (Wildman–Crippen LogP) is 3.11. The standard InChI is InChI=1S/C13H13N5OS2/c1-6(2)8-5-20-13(16-8)17-11(19)10-9(14)7-3-4-15-18-12(7)21-10/h3-6H,14H2,1-2H3,(H,16,17,19). The predicted molar refractivity (Wildman–Crippen MR) is 86.0 cm³/mol. The molecule has 0 aromatic carbocycles. The average Bonchev–Trinajstić information content (AvgIpc) is 3.05. The summed E-state index contributed by atoms with van der Waals surface area (Å²) in [5.74, 6) is 0.0664. The zero-order valence-corrected chi connectivity index (χ0v) is 13.1. The Hall–Kier alpha value is -2.06. The third kappa shape index (κ3) is 2.59. The van der Waals surface area contributed by atoms with Crippen molar-refractivity contribution in [1.82, 2.24) is 15.2 Å². The summed E-state index contributed by atoms with van der Waals surface area (Å²) in [4.78, 5) is 17.8. The zero-order chi connectivity index (χ0) is 15.0. The van der Waals surface area contributed by atoms with E-state index in [4.69, 9.17) is 5.73 Å². The first-order chi connectivity index (χ1) is 10.1. The number of thiophene rings is 1. The van der Waals surface area contributed by atoms with Crippen LogP contribution >= 0.6 is 22.7 Å². The van der Waals surface area contributed by atoms with E-state index in [2.05, 4.69) is 34.3 Å². The van der Waals surface area contributed by atoms with Gasteiger partial charge in [0.05, 0.1) is 17.6 Å². The van der Waals surface area contributed by atoms with Crippen LogP contribution in [0.2, 0.25) is 0 Å². The van der Waals surface area contributed by atoms with Crippen LogP contribution in [0, 0.1) is 0 Å². The monoisotopic (exact) mass is 319 g/mol. The molecule has 108 valence electrons. The molecular formula is C13H13N5OS2. The quantitative estimate of drug-likeness (QED) is 0.773. The van der Waals surface area contributed by atoms with Gasteiger partial charge < -0.3 is 5.73 Å². The number of aromatic nitrogens is 3. The van der Waals surface area contributed by atoms with Crippen LogP contribution in [0.1, 0.15) is 35.1 Å². The topological polar surface area (TPSA) is 93.8 Å². The maximum Gasteiger partial charge on any atom is 0.269 e. The maximum atomic E-state index is 12.3. The Morgan fingerprint density at radius 2 is 2.24 bits per heavy atom. The third-order valence-corrected chi connectivity index (χ3v) is 4.84. The molecule has 3 aromatic heterocycles. The number of nitrogens with zero attached hydrogens (tertiary/aromatic N) is 3. The van der Waals surface area contributed by atoms with Gasteiger partial charge in [-0.15, -0.1) is 27.8 Å². The summed E-state index contributed by atoms with van der Waals surface area (Å²) < 4.78 is 0. The SMILES string of the molecule is CC(C)c1csc(NC(=O)c2sc3nnccc3c2N)n1. The molecule has 3 rings (SSSR count). The number of carbonyl (C=O) groups excluding carboxylic acids is 1. The minimum atomic E-state index is -0.264. The molecule has 21 heavy (non-hydrogen) atoms. The van der Waals surface area contributed by atoms with E-state index in [1.54, 1.807) is 12.3 Å². The molecule has 0 fully saturated rings. The van der Waals surface area contributed by atoms with Crippen molar-refractivity contribution in [3.8, 4) is 0 Å². The summed E-state index contributed by atoms with van der Waals surface area (Å²) in [5.41, 5.74) is 7.41. The molecule has 6 nitrogen and oxygen atoms in total. The molecule has 0 aliphatic carbocycles. The van der Waals surface area contributed by atoms with Crippen LogP contribution in [0.15, 0.2) is 17.6 Å². The van der Waals surface area contributed by atoms with E-state index in [0.29, 0.717) is 26.4 Å². The summed E-state index contributed by atoms with van der Waals surface area (Å²) >= 11 is 2.64. The summed E-state index contributed by atoms with van der Waals surface area (Å²) in [7, 11) is 0. The molecule has 0 radical (unpaired) electrons. The summed E-state index contributed by atoms with van der Waals surface area (Å²) in [6.07, 6.45) is 1.56. The number of nitrogens with one attached hydrogen (secondary N) is 1. The van der Waals surface area contributed by atoms with Crippen LogP contribution in [0.25, 0.3) is 10.2 Å². The van der Waals surface area contributed by atoms with Crippen LogP contribution in [-0.4, -0.2) is 21.1 Å². The van der Waals surface area contributed by atoms with Crippen LogP contribution < -0.4 is 11.1 Å². The lowest BCUT2D eigenvalue weighted by Gasteiger charge is -2.01. The van der Waals surface area contributed by atoms with E-state index in [1.807, 2.05) is 5.38 Å². The fraction of sp³-hybridized carbons (Fsp3) is 0.231. The summed E-state index contributed by atoms with van der Waals surface area (Å²) in [5, 5.41) is 13.8. The van der Waals surface area contributed by atoms with Crippen molar-refractivity contribution in [3.05, 3.63) is 28.2 Å². The van der Waals surface area contributed by atoms with Gasteiger partial charge in [0.15, 0.2) is 5.13 Å². The van der Waals surface area contributed by atoms with Crippen molar-refractivity contribution in [2.75, 3.05) is 11.1 Å². The minimum Gasteiger partial charge on any atom is -0.397 e. The Bertz CT molecular complexity index is 808. The molecule has 3 heterocycles. The van der Waals surface area contributed by atoms with Crippen LogP contribution in [0.3, 0.4) is 0 Å². The Balaban J connectivity index is 1.88. The van der Waals surface area contributed by atoms with Crippen molar-refractivity contribution in [3.63, 3.8) is 0 Å². The first-order valence-corrected chi connectivity index (χ1v) is 8.02. The van der Waals surface area contributed by atoms with E-state index in [-0.39, 0.29) is 5.91 Å². The number of carbonyl (C=O) groups is 1. The minimum absolute atomic E-state index is 0.264. The van der Waals surface area contributed by atoms with Gasteiger partial charge in [0.1, 0.15) is 9.71 Å². The van der Waals surface area contributed by atoms with E-state index < -0.39 is 0 Å². The average molecular weight is 319 g/mol. The lowest BCUT2D eigenvalue weighted by molar-refractivity contribution is 0.103. The fourth-order valence-electron chi connectivity index (χ4n) is 1.80. The fourth-order valence-corrected chi connectivity index (χ4v) is 3.60. The van der Waals surface area contributed by atoms with Gasteiger partial charge in [-0.3, -0.25) is 10.1 Å². The highest BCUT2D eigenvalue weighted by molar-refractivity contribution is 7.21. The molecule has 0 atom stereocenters. The van der Waals surface area contributed by atoms with Crippen molar-refractivity contribution < 1.29 is 4.79 Å². The second-order valence-electron chi connectivity index (χ2n) is 4.78. The van der Waals surface area contributed by atoms with Crippen molar-refractivity contribution in [2.45, 2.75) is 19.8 Å². The van der Waals surface area contributed by atoms with Gasteiger partial charge in [-0.05, 0) is 12.0 Å². The highest BCUT2D eigenvalue weighted by atomic mass is 32.1. The lowest BCUT2D eigenvalue weighted by Crippen LogP contribution is -2.11. The second kappa shape index (κ2) is 5.38. The lowest BCUT2D eigenvalue weighted by atomic mass is 10.2. The molecule has 0 unspecified atom stereocenters. The Morgan fingerprint density at radius 3 is 2.90 bits per heavy atom. The van der Waals surface area contributed by atoms with E-state index in [1.165, 1.54) is 22.7 Å². The molecular weight excluding hydrogens is 306 g/mol. The van der Waals surface area contributed by atoms with Gasteiger partial charge in [0.25, 0.3) is 5.91 Å². The molecule has 0 spiro atoms. The highest BCUT2D eigenvalue weighted by Gasteiger charge is 2.18. The van der Waals surface area contributed by atoms with Crippen molar-refractivity contribution >= 4 is 49.6 Å². The van der Waals surface area contributed by atoms with Gasteiger partial charge in [-0.1, -0.05) is 13.8 Å². The van der Waals surface area contributed by atoms with Crippen LogP contribution in [0.4, 0.5) is 10.8 Å². The molecule has 8 heteroatoms. The number of hydrogen-bond acceptors (Lipinski definition) is 7. The largest absolute Gasteiger partial charge is 0.397 e. The second-order valence-corrected chi connectivity index (χ2v) is 6.64. The Kier molecular flexibility index (Phi) is 3.56. The number of anilines is 2. The first-order valence-electron chi connectivity index (χ1n) is 6.32. The summed E-state index contributed by atoms with van der Waals surface area (Å²) in [6.45, 7) is 4.12. The zero-order valence-electron chi connectivity index (χ0n) is 11.5. The third-order valence-electron chi connectivity index (χ3n) is 2.96. The first kappa shape index (κ1) is 13.9. The van der Waals surface area contributed by atoms with E-state index in [9.17, 15) is 4.79 Å². The van der Waals surface area contributed by atoms with Gasteiger partial charge >= 0.3 is 0 Å². The molecule has 1 amide bonds. The van der Waals surface area contributed by atoms with Crippen molar-refractivity contribution in [2.24, 2.45) is 0 Å². The molecule has 0 saturated heterocycles. The van der Waals surface area contributed by atoms with Crippen LogP contribution in [0.5, 0.6) is 0 Å². The normalized spacial score (nSPS) is 11.2. The maximum absolute atomic E-state index is 12.3. The number of amides is 1. The van der Waals surface area contributed by atoms with Gasteiger partial charge in [-0.2, -0.15) is 5.10 Å². The van der Waals surface area contributed by atoms with E-state index >= 15 is 0 Å². The van der Waals surface area contributed by atoms with Gasteiger partial charge in [0, 0.05) is 10.8 Å². The van der Waals surface area contributed by atoms with Gasteiger partial charge in [0.2, 0.25) is 0 Å². The van der Waals surface area contributed by atoms with E-state index in [0.717, 1.165) is 11.1 Å². The number of hydrogen-bond donors (Lipinski definition) is 2. The van der Waals surface area contributed by atoms with Gasteiger partial charge in [-0.25, -0.2) is 4.98 Å². The molecule has 0 aliphatic rings. The van der Waals surface area contributed by atoms with Crippen LogP contribution in [-0.2, 0) is 0 Å². The Morgan fingerprint density at radius 1 is 1.43 bits per heavy atom. The molecule has 3 N–H and O–H groups in total. The summed E-state index contributed by atoms with van der Waals surface area (Å²) in [6, 6.07) is 1.76. The smallest absolute Gasteiger partial charge is 0.269 e. The number of fused-ring (bicyclic) bond motifs is 1. The number of thiazole rings is 1. The number of nitrogen functional groups attached to an aromatic ring is 1. The molecule has 0 saturated carbocycles. The Labute approximate surface area is 129 Å². The van der Waals surface area contributed by atoms with Crippen molar-refractivity contribution in [1.29, 1.82) is 0 Å². The molecule has 0 bridgehead atoms. The molecule has 3 aromatic rings. The number of rotatable bonds is 3.